The summed E-state index contributed by atoms with van der Waals surface area (Å²) in [6.07, 6.45) is 0.578. The summed E-state index contributed by atoms with van der Waals surface area (Å²) in [7, 11) is 1.26. The molecule has 1 aromatic rings. The van der Waals surface area contributed by atoms with Crippen molar-refractivity contribution in [2.24, 2.45) is 5.92 Å². The number of nitrogens with one attached hydrogen (secondary N) is 3. The number of benzene rings is 1. The molecule has 3 atom stereocenters. The topological polar surface area (TPSA) is 132 Å². The Balaban J connectivity index is 2.37. The van der Waals surface area contributed by atoms with Gasteiger partial charge in [-0.25, -0.2) is 9.59 Å². The van der Waals surface area contributed by atoms with Crippen molar-refractivity contribution in [3.05, 3.63) is 29.8 Å². The van der Waals surface area contributed by atoms with Crippen LogP contribution in [-0.2, 0) is 30.3 Å². The van der Waals surface area contributed by atoms with E-state index < -0.39 is 47.6 Å². The van der Waals surface area contributed by atoms with Crippen LogP contribution < -0.4 is 20.7 Å². The van der Waals surface area contributed by atoms with Crippen molar-refractivity contribution < 1.29 is 33.4 Å². The largest absolute Gasteiger partial charge is 0.494 e. The number of carbonyl (C=O) groups excluding carboxylic acids is 4. The minimum absolute atomic E-state index is 0.0708. The first-order valence-electron chi connectivity index (χ1n) is 12.3. The molecule has 200 valence electrons. The number of hydrogen-bond donors (Lipinski definition) is 3. The summed E-state index contributed by atoms with van der Waals surface area (Å²) >= 11 is 0. The maximum atomic E-state index is 13.3. The molecule has 0 unspecified atom stereocenters. The first-order chi connectivity index (χ1) is 16.9. The van der Waals surface area contributed by atoms with Gasteiger partial charge in [0, 0.05) is 6.42 Å². The Morgan fingerprint density at radius 1 is 1.11 bits per heavy atom. The van der Waals surface area contributed by atoms with Crippen molar-refractivity contribution in [2.75, 3.05) is 13.7 Å². The summed E-state index contributed by atoms with van der Waals surface area (Å²) in [4.78, 5) is 51.3. The highest BCUT2D eigenvalue weighted by molar-refractivity contribution is 5.93. The second-order valence-corrected chi connectivity index (χ2v) is 10.3. The average Bonchev–Trinajstić information content (AvgIpc) is 2.78. The first kappa shape index (κ1) is 28.9. The van der Waals surface area contributed by atoms with Gasteiger partial charge in [0.1, 0.15) is 29.5 Å². The van der Waals surface area contributed by atoms with Crippen molar-refractivity contribution in [1.82, 2.24) is 16.0 Å². The molecule has 0 radical (unpaired) electrons. The van der Waals surface area contributed by atoms with Crippen LogP contribution in [0.15, 0.2) is 24.3 Å². The predicted molar refractivity (Wildman–Crippen MR) is 133 cm³/mol. The number of fused-ring (bicyclic) bond motifs is 13. The van der Waals surface area contributed by atoms with Gasteiger partial charge >= 0.3 is 12.1 Å². The average molecular weight is 506 g/mol. The first-order valence-corrected chi connectivity index (χ1v) is 12.3. The minimum atomic E-state index is -1.00. The van der Waals surface area contributed by atoms with Crippen molar-refractivity contribution in [2.45, 2.75) is 84.0 Å². The third-order valence-corrected chi connectivity index (χ3v) is 5.42. The van der Waals surface area contributed by atoms with Crippen LogP contribution >= 0.6 is 0 Å². The Hall–Kier alpha value is -3.30. The lowest BCUT2D eigenvalue weighted by atomic mass is 10.0. The van der Waals surface area contributed by atoms with Gasteiger partial charge in [-0.1, -0.05) is 26.0 Å². The second kappa shape index (κ2) is 13.1. The molecule has 0 spiro atoms. The zero-order chi connectivity index (χ0) is 26.9. The molecule has 2 bridgehead atoms. The van der Waals surface area contributed by atoms with E-state index >= 15 is 0 Å². The molecule has 3 rings (SSSR count). The summed E-state index contributed by atoms with van der Waals surface area (Å²) in [5.41, 5.74) is 0.0437. The van der Waals surface area contributed by atoms with Crippen molar-refractivity contribution in [3.63, 3.8) is 0 Å². The SMILES string of the molecule is COC(=O)[C@@H]1CCCOc2ccc(cc2)C[C@H](NC(=O)OC(C)(C)C)C(=O)N[C@@H](CC(C)C)C(=O)N1. The highest BCUT2D eigenvalue weighted by Crippen LogP contribution is 2.16. The maximum Gasteiger partial charge on any atom is 0.408 e. The molecule has 3 amide bonds. The third-order valence-electron chi connectivity index (χ3n) is 5.42. The van der Waals surface area contributed by atoms with E-state index in [0.29, 0.717) is 31.6 Å². The fraction of sp³-hybridized carbons (Fsp3) is 0.615. The van der Waals surface area contributed by atoms with Crippen LogP contribution in [0, 0.1) is 5.92 Å². The zero-order valence-electron chi connectivity index (χ0n) is 22.0. The van der Waals surface area contributed by atoms with E-state index in [4.69, 9.17) is 14.2 Å². The molecule has 0 saturated heterocycles. The summed E-state index contributed by atoms with van der Waals surface area (Å²) < 4.78 is 16.0. The fourth-order valence-corrected chi connectivity index (χ4v) is 3.73. The molecular weight excluding hydrogens is 466 g/mol. The Bertz CT molecular complexity index is 909. The summed E-state index contributed by atoms with van der Waals surface area (Å²) in [5, 5.41) is 8.11. The van der Waals surface area contributed by atoms with Crippen LogP contribution in [0.4, 0.5) is 4.79 Å². The summed E-state index contributed by atoms with van der Waals surface area (Å²) in [6.45, 7) is 9.37. The van der Waals surface area contributed by atoms with Crippen molar-refractivity contribution in [3.8, 4) is 5.75 Å². The zero-order valence-corrected chi connectivity index (χ0v) is 22.0. The van der Waals surface area contributed by atoms with Crippen molar-refractivity contribution >= 4 is 23.9 Å². The number of esters is 1. The number of methoxy groups -OCH3 is 1. The van der Waals surface area contributed by atoms with Gasteiger partial charge in [-0.05, 0) is 63.6 Å². The molecule has 2 aliphatic rings. The molecule has 2 heterocycles. The lowest BCUT2D eigenvalue weighted by Crippen LogP contribution is -2.57. The van der Waals surface area contributed by atoms with Crippen LogP contribution in [0.3, 0.4) is 0 Å². The number of alkyl carbamates (subject to hydrolysis) is 1. The Morgan fingerprint density at radius 3 is 2.36 bits per heavy atom. The van der Waals surface area contributed by atoms with Crippen LogP contribution in [0.1, 0.15) is 59.4 Å². The van der Waals surface area contributed by atoms with Gasteiger partial charge in [-0.2, -0.15) is 0 Å². The van der Waals surface area contributed by atoms with Crippen LogP contribution in [0.2, 0.25) is 0 Å². The Morgan fingerprint density at radius 2 is 1.78 bits per heavy atom. The van der Waals surface area contributed by atoms with Crippen LogP contribution in [0.5, 0.6) is 5.75 Å². The molecule has 10 heteroatoms. The van der Waals surface area contributed by atoms with Gasteiger partial charge in [0.05, 0.1) is 13.7 Å². The maximum absolute atomic E-state index is 13.3. The third kappa shape index (κ3) is 9.75. The number of carbonyl (C=O) groups is 4. The number of hydrogen-bond acceptors (Lipinski definition) is 7. The van der Waals surface area contributed by atoms with Gasteiger partial charge in [-0.3, -0.25) is 9.59 Å². The van der Waals surface area contributed by atoms with E-state index in [1.807, 2.05) is 26.0 Å². The van der Waals surface area contributed by atoms with E-state index in [2.05, 4.69) is 16.0 Å². The van der Waals surface area contributed by atoms with E-state index in [1.54, 1.807) is 32.9 Å². The minimum Gasteiger partial charge on any atom is -0.494 e. The van der Waals surface area contributed by atoms with Crippen molar-refractivity contribution in [1.29, 1.82) is 0 Å². The second-order valence-electron chi connectivity index (χ2n) is 10.3. The molecule has 36 heavy (non-hydrogen) atoms. The molecule has 0 aromatic heterocycles. The fourth-order valence-electron chi connectivity index (χ4n) is 3.73. The van der Waals surface area contributed by atoms with E-state index in [0.717, 1.165) is 5.56 Å². The monoisotopic (exact) mass is 505 g/mol. The molecule has 0 aliphatic carbocycles. The highest BCUT2D eigenvalue weighted by atomic mass is 16.6. The number of ether oxygens (including phenoxy) is 3. The molecule has 2 aliphatic heterocycles. The van der Waals surface area contributed by atoms with Crippen LogP contribution in [0.25, 0.3) is 0 Å². The molecule has 10 nitrogen and oxygen atoms in total. The summed E-state index contributed by atoms with van der Waals surface area (Å²) in [6, 6.07) is 4.39. The Labute approximate surface area is 212 Å². The van der Waals surface area contributed by atoms with E-state index in [9.17, 15) is 19.2 Å². The highest BCUT2D eigenvalue weighted by Gasteiger charge is 2.31. The molecule has 0 saturated carbocycles. The smallest absolute Gasteiger partial charge is 0.408 e. The lowest BCUT2D eigenvalue weighted by Gasteiger charge is -2.27. The van der Waals surface area contributed by atoms with Gasteiger partial charge in [0.15, 0.2) is 0 Å². The normalized spacial score (nSPS) is 21.7. The van der Waals surface area contributed by atoms with Gasteiger partial charge in [0.25, 0.3) is 0 Å². The quantitative estimate of drug-likeness (QED) is 0.536. The molecular formula is C26H39N3O7. The van der Waals surface area contributed by atoms with E-state index in [1.165, 1.54) is 7.11 Å². The molecule has 3 N–H and O–H groups in total. The van der Waals surface area contributed by atoms with Gasteiger partial charge in [-0.15, -0.1) is 0 Å². The lowest BCUT2D eigenvalue weighted by molar-refractivity contribution is -0.145. The molecule has 1 aromatic carbocycles. The predicted octanol–water partition coefficient (Wildman–Crippen LogP) is 2.48. The van der Waals surface area contributed by atoms with Gasteiger partial charge < -0.3 is 30.2 Å². The number of amides is 3. The number of rotatable bonds is 4. The summed E-state index contributed by atoms with van der Waals surface area (Å²) in [5.74, 6) is -0.916. The van der Waals surface area contributed by atoms with Gasteiger partial charge in [0.2, 0.25) is 11.8 Å². The van der Waals surface area contributed by atoms with E-state index in [-0.39, 0.29) is 12.3 Å². The Kier molecular flexibility index (Phi) is 10.6. The standard InChI is InChI=1S/C26H39N3O7/c1-16(2)14-20-22(30)27-19(24(32)34-6)8-7-13-35-18-11-9-17(10-12-18)15-21(23(31)28-20)29-25(33)36-26(3,4)5/h9-12,16,19-21H,7-8,13-15H2,1-6H3,(H,27,30)(H,28,31)(H,29,33)/t19-,20-,21-/m0/s1. The van der Waals surface area contributed by atoms with Crippen LogP contribution in [-0.4, -0.2) is 61.3 Å². The molecule has 0 fully saturated rings.